The second kappa shape index (κ2) is 6.66. The minimum absolute atomic E-state index is 0.500. The van der Waals surface area contributed by atoms with E-state index < -0.39 is 5.60 Å². The summed E-state index contributed by atoms with van der Waals surface area (Å²) in [5.74, 6) is 1.11. The predicted molar refractivity (Wildman–Crippen MR) is 43.4 cm³/mol. The van der Waals surface area contributed by atoms with Crippen molar-refractivity contribution in [1.29, 1.82) is 0 Å². The van der Waals surface area contributed by atoms with E-state index in [1.807, 2.05) is 0 Å². The van der Waals surface area contributed by atoms with Crippen LogP contribution in [-0.4, -0.2) is 22.5 Å². The molecule has 0 aromatic rings. The van der Waals surface area contributed by atoms with Crippen molar-refractivity contribution in [3.05, 3.63) is 0 Å². The van der Waals surface area contributed by atoms with Gasteiger partial charge in [0.05, 0.1) is 5.60 Å². The van der Waals surface area contributed by atoms with E-state index in [4.69, 9.17) is 28.3 Å². The molecule has 0 aliphatic carbocycles. The van der Waals surface area contributed by atoms with Gasteiger partial charge in [0.1, 0.15) is 0 Å². The van der Waals surface area contributed by atoms with Crippen LogP contribution in [0.2, 0.25) is 0 Å². The highest BCUT2D eigenvalue weighted by atomic mass is 35.5. The Morgan fingerprint density at radius 1 is 1.11 bits per heavy atom. The van der Waals surface area contributed by atoms with E-state index in [-0.39, 0.29) is 0 Å². The van der Waals surface area contributed by atoms with Gasteiger partial charge in [-0.2, -0.15) is 0 Å². The van der Waals surface area contributed by atoms with Crippen LogP contribution >= 0.6 is 23.2 Å². The second-order valence-corrected chi connectivity index (χ2v) is 3.30. The van der Waals surface area contributed by atoms with Gasteiger partial charge in [-0.3, -0.25) is 0 Å². The zero-order chi connectivity index (χ0) is 7.91. The Balaban J connectivity index is 0. The molecule has 0 heterocycles. The number of alkyl halides is 2. The standard InChI is InChI=1S/C4H10O.C2H4Cl2/c1-4(2,3)5;3-1-2-4/h5H,1-3H3;1-2H2. The van der Waals surface area contributed by atoms with E-state index in [0.717, 1.165) is 0 Å². The third kappa shape index (κ3) is 154. The van der Waals surface area contributed by atoms with E-state index in [1.54, 1.807) is 20.8 Å². The highest BCUT2D eigenvalue weighted by Gasteiger charge is 1.97. The molecule has 0 saturated carbocycles. The van der Waals surface area contributed by atoms with E-state index in [2.05, 4.69) is 0 Å². The normalized spacial score (nSPS) is 10.0. The molecule has 0 radical (unpaired) electrons. The number of aliphatic hydroxyl groups is 1. The second-order valence-electron chi connectivity index (χ2n) is 2.55. The fraction of sp³-hybridized carbons (Fsp3) is 1.00. The molecule has 0 aliphatic rings. The number of hydrogen-bond acceptors (Lipinski definition) is 1. The highest BCUT2D eigenvalue weighted by molar-refractivity contribution is 6.25. The number of halogens is 2. The molecule has 0 aromatic heterocycles. The lowest BCUT2D eigenvalue weighted by Crippen LogP contribution is -2.10. The summed E-state index contributed by atoms with van der Waals surface area (Å²) in [7, 11) is 0. The minimum Gasteiger partial charge on any atom is -0.391 e. The predicted octanol–water partition coefficient (Wildman–Crippen LogP) is 2.24. The van der Waals surface area contributed by atoms with Crippen molar-refractivity contribution in [3.63, 3.8) is 0 Å². The van der Waals surface area contributed by atoms with Gasteiger partial charge < -0.3 is 5.11 Å². The van der Waals surface area contributed by atoms with Gasteiger partial charge in [-0.15, -0.1) is 23.2 Å². The van der Waals surface area contributed by atoms with Gasteiger partial charge in [-0.05, 0) is 20.8 Å². The molecule has 0 aromatic carbocycles. The highest BCUT2D eigenvalue weighted by Crippen LogP contribution is 1.93. The summed E-state index contributed by atoms with van der Waals surface area (Å²) in [6, 6.07) is 0. The molecular weight excluding hydrogens is 159 g/mol. The molecule has 1 nitrogen and oxygen atoms in total. The molecule has 3 heteroatoms. The lowest BCUT2D eigenvalue weighted by molar-refractivity contribution is 0.102. The van der Waals surface area contributed by atoms with Crippen LogP contribution in [0.4, 0.5) is 0 Å². The number of rotatable bonds is 1. The average Bonchev–Trinajstić information content (AvgIpc) is 1.61. The van der Waals surface area contributed by atoms with E-state index in [0.29, 0.717) is 11.8 Å². The molecule has 0 atom stereocenters. The molecule has 0 amide bonds. The molecule has 0 bridgehead atoms. The van der Waals surface area contributed by atoms with Gasteiger partial charge in [-0.25, -0.2) is 0 Å². The van der Waals surface area contributed by atoms with Crippen molar-refractivity contribution >= 4 is 23.2 Å². The van der Waals surface area contributed by atoms with Gasteiger partial charge in [0.15, 0.2) is 0 Å². The Kier molecular flexibility index (Phi) is 9.05. The van der Waals surface area contributed by atoms with Crippen molar-refractivity contribution < 1.29 is 5.11 Å². The molecule has 0 fully saturated rings. The smallest absolute Gasteiger partial charge is 0.0563 e. The Bertz CT molecular complexity index is 41.5. The van der Waals surface area contributed by atoms with Crippen molar-refractivity contribution in [2.24, 2.45) is 0 Å². The summed E-state index contributed by atoms with van der Waals surface area (Å²) >= 11 is 10.1. The van der Waals surface area contributed by atoms with Crippen molar-refractivity contribution in [2.75, 3.05) is 11.8 Å². The van der Waals surface area contributed by atoms with E-state index >= 15 is 0 Å². The van der Waals surface area contributed by atoms with Crippen molar-refractivity contribution in [3.8, 4) is 0 Å². The molecule has 58 valence electrons. The minimum atomic E-state index is -0.500. The maximum atomic E-state index is 8.52. The van der Waals surface area contributed by atoms with Crippen LogP contribution in [0, 0.1) is 0 Å². The van der Waals surface area contributed by atoms with Crippen LogP contribution in [0.15, 0.2) is 0 Å². The Morgan fingerprint density at radius 2 is 1.22 bits per heavy atom. The summed E-state index contributed by atoms with van der Waals surface area (Å²) in [5, 5.41) is 8.52. The largest absolute Gasteiger partial charge is 0.391 e. The van der Waals surface area contributed by atoms with E-state index in [9.17, 15) is 0 Å². The topological polar surface area (TPSA) is 20.2 Å². The lowest BCUT2D eigenvalue weighted by Gasteiger charge is -2.04. The summed E-state index contributed by atoms with van der Waals surface area (Å²) in [5.41, 5.74) is -0.500. The Labute approximate surface area is 67.0 Å². The summed E-state index contributed by atoms with van der Waals surface area (Å²) < 4.78 is 0. The summed E-state index contributed by atoms with van der Waals surface area (Å²) in [6.07, 6.45) is 0. The molecule has 9 heavy (non-hydrogen) atoms. The third-order valence-corrected chi connectivity index (χ3v) is 0.643. The molecule has 0 spiro atoms. The molecule has 1 N–H and O–H groups in total. The molecule has 0 aliphatic heterocycles. The third-order valence-electron chi connectivity index (χ3n) is 0.0714. The average molecular weight is 173 g/mol. The maximum Gasteiger partial charge on any atom is 0.0563 e. The van der Waals surface area contributed by atoms with Gasteiger partial charge >= 0.3 is 0 Å². The van der Waals surface area contributed by atoms with Crippen LogP contribution in [0.5, 0.6) is 0 Å². The maximum absolute atomic E-state index is 8.52. The van der Waals surface area contributed by atoms with Crippen molar-refractivity contribution in [1.82, 2.24) is 0 Å². The van der Waals surface area contributed by atoms with Crippen LogP contribution in [0.1, 0.15) is 20.8 Å². The first-order valence-electron chi connectivity index (χ1n) is 2.76. The fourth-order valence-corrected chi connectivity index (χ4v) is 0. The zero-order valence-corrected chi connectivity index (χ0v) is 7.63. The quantitative estimate of drug-likeness (QED) is 0.603. The summed E-state index contributed by atoms with van der Waals surface area (Å²) in [4.78, 5) is 0. The monoisotopic (exact) mass is 172 g/mol. The van der Waals surface area contributed by atoms with Crippen LogP contribution < -0.4 is 0 Å². The van der Waals surface area contributed by atoms with Crippen LogP contribution in [-0.2, 0) is 0 Å². The first-order valence-corrected chi connectivity index (χ1v) is 3.83. The first-order chi connectivity index (χ1) is 3.91. The molecule has 0 saturated heterocycles. The Hall–Kier alpha value is 0.540. The van der Waals surface area contributed by atoms with Crippen LogP contribution in [0.3, 0.4) is 0 Å². The first kappa shape index (κ1) is 12.2. The molecular formula is C6H14Cl2O. The van der Waals surface area contributed by atoms with Gasteiger partial charge in [0, 0.05) is 11.8 Å². The van der Waals surface area contributed by atoms with E-state index in [1.165, 1.54) is 0 Å². The fourth-order valence-electron chi connectivity index (χ4n) is 0. The van der Waals surface area contributed by atoms with Gasteiger partial charge in [0.2, 0.25) is 0 Å². The van der Waals surface area contributed by atoms with Crippen LogP contribution in [0.25, 0.3) is 0 Å². The lowest BCUT2D eigenvalue weighted by atomic mass is 10.2. The van der Waals surface area contributed by atoms with Gasteiger partial charge in [-0.1, -0.05) is 0 Å². The van der Waals surface area contributed by atoms with Crippen molar-refractivity contribution in [2.45, 2.75) is 26.4 Å². The zero-order valence-electron chi connectivity index (χ0n) is 6.12. The molecule has 0 rings (SSSR count). The summed E-state index contributed by atoms with van der Waals surface area (Å²) in [6.45, 7) is 5.23. The Morgan fingerprint density at radius 3 is 1.22 bits per heavy atom. The molecule has 0 unspecified atom stereocenters. The van der Waals surface area contributed by atoms with Gasteiger partial charge in [0.25, 0.3) is 0 Å². The SMILES string of the molecule is CC(C)(C)O.ClCCCl. The number of hydrogen-bond donors (Lipinski definition) is 1.